The summed E-state index contributed by atoms with van der Waals surface area (Å²) in [5.74, 6) is -1.22. The minimum absolute atomic E-state index is 0.178. The number of hydrogen-bond donors (Lipinski definition) is 4. The van der Waals surface area contributed by atoms with Gasteiger partial charge in [-0.2, -0.15) is 4.31 Å². The Balaban J connectivity index is 1.77. The monoisotopic (exact) mass is 393 g/mol. The summed E-state index contributed by atoms with van der Waals surface area (Å²) in [7, 11) is -3.54. The van der Waals surface area contributed by atoms with Crippen LogP contribution in [0.3, 0.4) is 0 Å². The SMILES string of the molecule is CS(=O)(=O)N1CCNC[C@@H]1C(=O)N[C@H](Cc1c[nH]c2ccccc12)C(N)=O. The second-order valence-electron chi connectivity index (χ2n) is 6.62. The molecular formula is C17H23N5O4S. The lowest BCUT2D eigenvalue weighted by Crippen LogP contribution is -2.61. The van der Waals surface area contributed by atoms with Crippen LogP contribution in [0.4, 0.5) is 0 Å². The molecule has 0 radical (unpaired) electrons. The maximum atomic E-state index is 12.7. The number of aromatic nitrogens is 1. The van der Waals surface area contributed by atoms with Crippen LogP contribution in [-0.4, -0.2) is 67.5 Å². The number of nitrogens with two attached hydrogens (primary N) is 1. The quantitative estimate of drug-likeness (QED) is 0.494. The minimum atomic E-state index is -3.54. The maximum absolute atomic E-state index is 12.7. The van der Waals surface area contributed by atoms with Gasteiger partial charge < -0.3 is 21.4 Å². The van der Waals surface area contributed by atoms with Gasteiger partial charge in [0.25, 0.3) is 0 Å². The number of primary amides is 1. The maximum Gasteiger partial charge on any atom is 0.240 e. The number of sulfonamides is 1. The van der Waals surface area contributed by atoms with E-state index >= 15 is 0 Å². The van der Waals surface area contributed by atoms with Crippen LogP contribution in [0.1, 0.15) is 5.56 Å². The van der Waals surface area contributed by atoms with Crippen molar-refractivity contribution >= 4 is 32.7 Å². The van der Waals surface area contributed by atoms with Gasteiger partial charge in [-0.05, 0) is 11.6 Å². The molecule has 1 fully saturated rings. The molecule has 1 aliphatic heterocycles. The van der Waals surface area contributed by atoms with Crippen molar-refractivity contribution in [3.8, 4) is 0 Å². The zero-order valence-corrected chi connectivity index (χ0v) is 15.8. The van der Waals surface area contributed by atoms with Crippen LogP contribution < -0.4 is 16.4 Å². The minimum Gasteiger partial charge on any atom is -0.368 e. The molecule has 5 N–H and O–H groups in total. The largest absolute Gasteiger partial charge is 0.368 e. The molecule has 1 saturated heterocycles. The number of piperazine rings is 1. The molecule has 2 amide bonds. The van der Waals surface area contributed by atoms with Crippen molar-refractivity contribution in [1.82, 2.24) is 19.9 Å². The highest BCUT2D eigenvalue weighted by atomic mass is 32.2. The van der Waals surface area contributed by atoms with E-state index in [1.807, 2.05) is 24.3 Å². The van der Waals surface area contributed by atoms with Gasteiger partial charge in [0.15, 0.2) is 0 Å². The van der Waals surface area contributed by atoms with Crippen LogP contribution in [-0.2, 0) is 26.0 Å². The third-order valence-corrected chi connectivity index (χ3v) is 5.97. The predicted molar refractivity (Wildman–Crippen MR) is 101 cm³/mol. The molecule has 0 saturated carbocycles. The molecule has 1 aromatic carbocycles. The summed E-state index contributed by atoms with van der Waals surface area (Å²) in [6, 6.07) is 5.74. The molecular weight excluding hydrogens is 370 g/mol. The van der Waals surface area contributed by atoms with E-state index in [1.54, 1.807) is 6.20 Å². The van der Waals surface area contributed by atoms with E-state index in [1.165, 1.54) is 0 Å². The van der Waals surface area contributed by atoms with Crippen molar-refractivity contribution in [2.24, 2.45) is 5.73 Å². The van der Waals surface area contributed by atoms with Gasteiger partial charge >= 0.3 is 0 Å². The summed E-state index contributed by atoms with van der Waals surface area (Å²) < 4.78 is 25.0. The van der Waals surface area contributed by atoms with Gasteiger partial charge in [0.05, 0.1) is 6.26 Å². The van der Waals surface area contributed by atoms with Crippen molar-refractivity contribution in [2.75, 3.05) is 25.9 Å². The van der Waals surface area contributed by atoms with Crippen LogP contribution in [0.5, 0.6) is 0 Å². The van der Waals surface area contributed by atoms with Gasteiger partial charge in [0, 0.05) is 43.2 Å². The average molecular weight is 393 g/mol. The van der Waals surface area contributed by atoms with Crippen molar-refractivity contribution in [3.63, 3.8) is 0 Å². The summed E-state index contributed by atoms with van der Waals surface area (Å²) in [5.41, 5.74) is 7.25. The number of carbonyl (C=O) groups is 2. The molecule has 1 aliphatic rings. The van der Waals surface area contributed by atoms with E-state index in [-0.39, 0.29) is 19.5 Å². The van der Waals surface area contributed by atoms with E-state index in [0.29, 0.717) is 6.54 Å². The molecule has 2 aromatic rings. The summed E-state index contributed by atoms with van der Waals surface area (Å²) in [5, 5.41) is 6.56. The normalized spacial score (nSPS) is 19.7. The number of H-pyrrole nitrogens is 1. The molecule has 0 unspecified atom stereocenters. The number of para-hydroxylation sites is 1. The Kier molecular flexibility index (Phi) is 5.49. The Morgan fingerprint density at radius 3 is 2.81 bits per heavy atom. The van der Waals surface area contributed by atoms with Crippen molar-refractivity contribution in [3.05, 3.63) is 36.0 Å². The lowest BCUT2D eigenvalue weighted by atomic mass is 10.0. The van der Waals surface area contributed by atoms with Gasteiger partial charge in [-0.3, -0.25) is 9.59 Å². The third-order valence-electron chi connectivity index (χ3n) is 4.68. The predicted octanol–water partition coefficient (Wildman–Crippen LogP) is -1.09. The molecule has 146 valence electrons. The van der Waals surface area contributed by atoms with E-state index in [2.05, 4.69) is 15.6 Å². The summed E-state index contributed by atoms with van der Waals surface area (Å²) in [6.07, 6.45) is 3.05. The Hall–Kier alpha value is -2.43. The molecule has 2 atom stereocenters. The average Bonchev–Trinajstić information content (AvgIpc) is 3.03. The van der Waals surface area contributed by atoms with Crippen LogP contribution in [0.15, 0.2) is 30.5 Å². The number of nitrogens with zero attached hydrogens (tertiary/aromatic N) is 1. The Morgan fingerprint density at radius 1 is 1.37 bits per heavy atom. The molecule has 10 heteroatoms. The first-order valence-electron chi connectivity index (χ1n) is 8.59. The molecule has 9 nitrogen and oxygen atoms in total. The lowest BCUT2D eigenvalue weighted by molar-refractivity contribution is -0.130. The zero-order chi connectivity index (χ0) is 19.6. The number of benzene rings is 1. The standard InChI is InChI=1S/C17H23N5O4S/c1-27(25,26)22-7-6-19-10-15(22)17(24)21-14(16(18)23)8-11-9-20-13-5-3-2-4-12(11)13/h2-5,9,14-15,19-20H,6-8,10H2,1H3,(H2,18,23)(H,21,24)/t14-,15-/m1/s1. The fraction of sp³-hybridized carbons (Fsp3) is 0.412. The first-order chi connectivity index (χ1) is 12.8. The van der Waals surface area contributed by atoms with E-state index < -0.39 is 33.9 Å². The highest BCUT2D eigenvalue weighted by Crippen LogP contribution is 2.19. The zero-order valence-electron chi connectivity index (χ0n) is 14.9. The van der Waals surface area contributed by atoms with Crippen LogP contribution >= 0.6 is 0 Å². The number of fused-ring (bicyclic) bond motifs is 1. The summed E-state index contributed by atoms with van der Waals surface area (Å²) in [6.45, 7) is 0.837. The molecule has 1 aromatic heterocycles. The molecule has 2 heterocycles. The number of rotatable bonds is 6. The topological polar surface area (TPSA) is 137 Å². The highest BCUT2D eigenvalue weighted by molar-refractivity contribution is 7.88. The number of amides is 2. The fourth-order valence-corrected chi connectivity index (χ4v) is 4.37. The Labute approximate surface area is 157 Å². The lowest BCUT2D eigenvalue weighted by Gasteiger charge is -2.33. The first kappa shape index (κ1) is 19.3. The molecule has 0 bridgehead atoms. The molecule has 0 spiro atoms. The second kappa shape index (κ2) is 7.67. The van der Waals surface area contributed by atoms with E-state index in [9.17, 15) is 18.0 Å². The number of carbonyl (C=O) groups excluding carboxylic acids is 2. The highest BCUT2D eigenvalue weighted by Gasteiger charge is 2.36. The van der Waals surface area contributed by atoms with Crippen LogP contribution in [0.2, 0.25) is 0 Å². The van der Waals surface area contributed by atoms with Gasteiger partial charge in [-0.25, -0.2) is 8.42 Å². The van der Waals surface area contributed by atoms with Gasteiger partial charge in [0.1, 0.15) is 12.1 Å². The number of aromatic amines is 1. The summed E-state index contributed by atoms with van der Waals surface area (Å²) in [4.78, 5) is 27.7. The molecule has 0 aliphatic carbocycles. The summed E-state index contributed by atoms with van der Waals surface area (Å²) >= 11 is 0. The van der Waals surface area contributed by atoms with Crippen molar-refractivity contribution in [1.29, 1.82) is 0 Å². The molecule has 27 heavy (non-hydrogen) atoms. The number of nitrogens with one attached hydrogen (secondary N) is 3. The first-order valence-corrected chi connectivity index (χ1v) is 10.4. The Morgan fingerprint density at radius 2 is 2.11 bits per heavy atom. The van der Waals surface area contributed by atoms with Gasteiger partial charge in [0.2, 0.25) is 21.8 Å². The van der Waals surface area contributed by atoms with E-state index in [4.69, 9.17) is 5.73 Å². The van der Waals surface area contributed by atoms with Crippen molar-refractivity contribution in [2.45, 2.75) is 18.5 Å². The van der Waals surface area contributed by atoms with Crippen molar-refractivity contribution < 1.29 is 18.0 Å². The van der Waals surface area contributed by atoms with Crippen LogP contribution in [0, 0.1) is 0 Å². The fourth-order valence-electron chi connectivity index (χ4n) is 3.32. The van der Waals surface area contributed by atoms with E-state index in [0.717, 1.165) is 27.0 Å². The third kappa shape index (κ3) is 4.29. The van der Waals surface area contributed by atoms with Crippen LogP contribution in [0.25, 0.3) is 10.9 Å². The smallest absolute Gasteiger partial charge is 0.240 e. The van der Waals surface area contributed by atoms with Gasteiger partial charge in [-0.1, -0.05) is 18.2 Å². The second-order valence-corrected chi connectivity index (χ2v) is 8.56. The molecule has 3 rings (SSSR count). The van der Waals surface area contributed by atoms with Gasteiger partial charge in [-0.15, -0.1) is 0 Å². The number of hydrogen-bond acceptors (Lipinski definition) is 5. The Bertz CT molecular complexity index is 955.